The summed E-state index contributed by atoms with van der Waals surface area (Å²) in [5.74, 6) is 0.593. The maximum Gasteiger partial charge on any atom is 0.307 e. The van der Waals surface area contributed by atoms with E-state index in [0.29, 0.717) is 5.56 Å². The standard InChI is InChI=1S/C19H20N2O5S/c1-14-6-2-4-8-16(14)25-12-13-26-18(22)10-11-20-19-15-7-3-5-9-17(15)27(23,24)21-19/h2-9H,10-13H2,1H3,(H,20,21). The van der Waals surface area contributed by atoms with Crippen LogP contribution in [0.15, 0.2) is 58.4 Å². The average Bonchev–Trinajstić information content (AvgIpc) is 2.91. The first-order valence-electron chi connectivity index (χ1n) is 8.48. The highest BCUT2D eigenvalue weighted by molar-refractivity contribution is 7.90. The summed E-state index contributed by atoms with van der Waals surface area (Å²) in [7, 11) is -3.57. The van der Waals surface area contributed by atoms with Crippen molar-refractivity contribution in [3.63, 3.8) is 0 Å². The fourth-order valence-corrected chi connectivity index (χ4v) is 3.86. The lowest BCUT2D eigenvalue weighted by atomic mass is 10.2. The van der Waals surface area contributed by atoms with Gasteiger partial charge in [0.15, 0.2) is 0 Å². The van der Waals surface area contributed by atoms with E-state index in [1.54, 1.807) is 18.2 Å². The summed E-state index contributed by atoms with van der Waals surface area (Å²) in [6.45, 7) is 2.47. The molecule has 1 N–H and O–H groups in total. The van der Waals surface area contributed by atoms with Crippen LogP contribution in [0, 0.1) is 6.92 Å². The first-order chi connectivity index (χ1) is 13.0. The second kappa shape index (κ2) is 8.22. The Morgan fingerprint density at radius 1 is 1.07 bits per heavy atom. The van der Waals surface area contributed by atoms with E-state index in [4.69, 9.17) is 9.47 Å². The molecule has 0 saturated carbocycles. The molecule has 0 aliphatic carbocycles. The van der Waals surface area contributed by atoms with Crippen molar-refractivity contribution in [3.05, 3.63) is 59.7 Å². The van der Waals surface area contributed by atoms with E-state index >= 15 is 0 Å². The molecule has 0 fully saturated rings. The van der Waals surface area contributed by atoms with Crippen molar-refractivity contribution in [3.8, 4) is 5.75 Å². The first kappa shape index (κ1) is 18.9. The van der Waals surface area contributed by atoms with Gasteiger partial charge in [-0.2, -0.15) is 0 Å². The third kappa shape index (κ3) is 4.65. The third-order valence-corrected chi connectivity index (χ3v) is 5.34. The summed E-state index contributed by atoms with van der Waals surface area (Å²) in [5, 5.41) is 0. The monoisotopic (exact) mass is 388 g/mol. The van der Waals surface area contributed by atoms with Gasteiger partial charge in [0, 0.05) is 5.56 Å². The molecule has 2 aromatic carbocycles. The van der Waals surface area contributed by atoms with Crippen LogP contribution in [0.25, 0.3) is 0 Å². The Balaban J connectivity index is 1.44. The van der Waals surface area contributed by atoms with Gasteiger partial charge in [0.25, 0.3) is 10.0 Å². The maximum absolute atomic E-state index is 12.0. The molecule has 1 aliphatic rings. The Kier molecular flexibility index (Phi) is 5.75. The zero-order chi connectivity index (χ0) is 19.3. The molecule has 0 radical (unpaired) electrons. The predicted octanol–water partition coefficient (Wildman–Crippen LogP) is 2.05. The molecule has 2 aromatic rings. The molecule has 27 heavy (non-hydrogen) atoms. The van der Waals surface area contributed by atoms with Gasteiger partial charge in [-0.05, 0) is 30.7 Å². The van der Waals surface area contributed by atoms with Crippen molar-refractivity contribution in [1.29, 1.82) is 0 Å². The zero-order valence-electron chi connectivity index (χ0n) is 14.8. The molecule has 0 bridgehead atoms. The van der Waals surface area contributed by atoms with Gasteiger partial charge in [-0.3, -0.25) is 14.5 Å². The Bertz CT molecular complexity index is 970. The van der Waals surface area contributed by atoms with Crippen LogP contribution in [0.3, 0.4) is 0 Å². The van der Waals surface area contributed by atoms with Crippen LogP contribution < -0.4 is 9.46 Å². The zero-order valence-corrected chi connectivity index (χ0v) is 15.7. The first-order valence-corrected chi connectivity index (χ1v) is 9.96. The lowest BCUT2D eigenvalue weighted by Gasteiger charge is -2.09. The molecule has 8 heteroatoms. The normalized spacial score (nSPS) is 15.8. The molecule has 0 amide bonds. The highest BCUT2D eigenvalue weighted by Gasteiger charge is 2.29. The van der Waals surface area contributed by atoms with Gasteiger partial charge >= 0.3 is 5.97 Å². The number of para-hydroxylation sites is 1. The van der Waals surface area contributed by atoms with E-state index in [1.807, 2.05) is 31.2 Å². The number of aliphatic imine (C=N–C) groups is 1. The molecular formula is C19H20N2O5S. The lowest BCUT2D eigenvalue weighted by molar-refractivity contribution is -0.144. The SMILES string of the molecule is Cc1ccccc1OCCOC(=O)CCN=C1NS(=O)(=O)c2ccccc21. The van der Waals surface area contributed by atoms with E-state index in [0.717, 1.165) is 11.3 Å². The van der Waals surface area contributed by atoms with Crippen molar-refractivity contribution >= 4 is 21.8 Å². The van der Waals surface area contributed by atoms with Crippen molar-refractivity contribution in [2.75, 3.05) is 19.8 Å². The highest BCUT2D eigenvalue weighted by Crippen LogP contribution is 2.22. The maximum atomic E-state index is 12.0. The van der Waals surface area contributed by atoms with E-state index in [2.05, 4.69) is 9.71 Å². The number of ether oxygens (including phenoxy) is 2. The Labute approximate surface area is 158 Å². The third-order valence-electron chi connectivity index (χ3n) is 3.95. The number of hydrogen-bond donors (Lipinski definition) is 1. The number of hydrogen-bond acceptors (Lipinski definition) is 6. The minimum Gasteiger partial charge on any atom is -0.490 e. The highest BCUT2D eigenvalue weighted by atomic mass is 32.2. The van der Waals surface area contributed by atoms with E-state index < -0.39 is 16.0 Å². The number of carbonyl (C=O) groups is 1. The van der Waals surface area contributed by atoms with Crippen LogP contribution in [0.4, 0.5) is 0 Å². The van der Waals surface area contributed by atoms with Gasteiger partial charge in [0.1, 0.15) is 24.8 Å². The van der Waals surface area contributed by atoms with Gasteiger partial charge in [-0.15, -0.1) is 0 Å². The molecule has 3 rings (SSSR count). The van der Waals surface area contributed by atoms with Gasteiger partial charge in [0.05, 0.1) is 17.9 Å². The molecular weight excluding hydrogens is 368 g/mol. The topological polar surface area (TPSA) is 94.1 Å². The summed E-state index contributed by atoms with van der Waals surface area (Å²) in [4.78, 5) is 16.2. The van der Waals surface area contributed by atoms with E-state index in [9.17, 15) is 13.2 Å². The van der Waals surface area contributed by atoms with Crippen molar-refractivity contribution in [1.82, 2.24) is 4.72 Å². The van der Waals surface area contributed by atoms with E-state index in [1.165, 1.54) is 6.07 Å². The van der Waals surface area contributed by atoms with Crippen LogP contribution in [0.2, 0.25) is 0 Å². The van der Waals surface area contributed by atoms with Crippen molar-refractivity contribution < 1.29 is 22.7 Å². The van der Waals surface area contributed by atoms with Crippen molar-refractivity contribution in [2.24, 2.45) is 4.99 Å². The summed E-state index contributed by atoms with van der Waals surface area (Å²) in [6.07, 6.45) is 0.0533. The number of nitrogens with zero attached hydrogens (tertiary/aromatic N) is 1. The number of esters is 1. The summed E-state index contributed by atoms with van der Waals surface area (Å²) < 4.78 is 37.0. The second-order valence-electron chi connectivity index (χ2n) is 5.92. The molecule has 7 nitrogen and oxygen atoms in total. The lowest BCUT2D eigenvalue weighted by Crippen LogP contribution is -2.22. The van der Waals surface area contributed by atoms with E-state index in [-0.39, 0.29) is 36.9 Å². The fraction of sp³-hybridized carbons (Fsp3) is 0.263. The Morgan fingerprint density at radius 3 is 2.63 bits per heavy atom. The predicted molar refractivity (Wildman–Crippen MR) is 100 cm³/mol. The largest absolute Gasteiger partial charge is 0.490 e. The minimum atomic E-state index is -3.57. The molecule has 0 saturated heterocycles. The summed E-state index contributed by atoms with van der Waals surface area (Å²) in [5.41, 5.74) is 1.52. The Hall–Kier alpha value is -2.87. The van der Waals surface area contributed by atoms with Gasteiger partial charge in [0.2, 0.25) is 0 Å². The minimum absolute atomic E-state index is 0.0533. The van der Waals surface area contributed by atoms with Gasteiger partial charge in [-0.25, -0.2) is 8.42 Å². The average molecular weight is 388 g/mol. The molecule has 142 valence electrons. The molecule has 0 unspecified atom stereocenters. The quantitative estimate of drug-likeness (QED) is 0.579. The molecule has 0 aromatic heterocycles. The van der Waals surface area contributed by atoms with Crippen LogP contribution in [-0.2, 0) is 19.6 Å². The van der Waals surface area contributed by atoms with Gasteiger partial charge < -0.3 is 9.47 Å². The Morgan fingerprint density at radius 2 is 1.81 bits per heavy atom. The number of amidine groups is 1. The smallest absolute Gasteiger partial charge is 0.307 e. The van der Waals surface area contributed by atoms with Crippen LogP contribution in [-0.4, -0.2) is 40.0 Å². The van der Waals surface area contributed by atoms with Crippen molar-refractivity contribution in [2.45, 2.75) is 18.2 Å². The molecule has 0 atom stereocenters. The molecule has 1 heterocycles. The molecule has 0 spiro atoms. The molecule has 1 aliphatic heterocycles. The number of sulfonamides is 1. The second-order valence-corrected chi connectivity index (χ2v) is 7.57. The van der Waals surface area contributed by atoms with Crippen LogP contribution in [0.1, 0.15) is 17.5 Å². The fourth-order valence-electron chi connectivity index (χ4n) is 2.61. The number of rotatable bonds is 7. The number of nitrogens with one attached hydrogen (secondary N) is 1. The number of carbonyl (C=O) groups excluding carboxylic acids is 1. The summed E-state index contributed by atoms with van der Waals surface area (Å²) >= 11 is 0. The number of aryl methyl sites for hydroxylation is 1. The summed E-state index contributed by atoms with van der Waals surface area (Å²) in [6, 6.07) is 14.2. The van der Waals surface area contributed by atoms with Crippen LogP contribution >= 0.6 is 0 Å². The van der Waals surface area contributed by atoms with Gasteiger partial charge in [-0.1, -0.05) is 30.3 Å². The number of benzene rings is 2. The van der Waals surface area contributed by atoms with Crippen LogP contribution in [0.5, 0.6) is 5.75 Å². The number of fused-ring (bicyclic) bond motifs is 1.